The van der Waals surface area contributed by atoms with E-state index < -0.39 is 18.0 Å². The number of hydrogen-bond donors (Lipinski definition) is 1. The lowest BCUT2D eigenvalue weighted by Gasteiger charge is -2.07. The molecule has 0 aliphatic carbocycles. The van der Waals surface area contributed by atoms with E-state index in [-0.39, 0.29) is 30.3 Å². The Bertz CT molecular complexity index is 789. The Kier molecular flexibility index (Phi) is 6.67. The molecule has 0 radical (unpaired) electrons. The number of carbonyl (C=O) groups is 3. The Labute approximate surface area is 150 Å². The van der Waals surface area contributed by atoms with Crippen LogP contribution in [-0.2, 0) is 9.47 Å². The van der Waals surface area contributed by atoms with E-state index in [2.05, 4.69) is 15.0 Å². The summed E-state index contributed by atoms with van der Waals surface area (Å²) in [5, 5.41) is 2.59. The summed E-state index contributed by atoms with van der Waals surface area (Å²) < 4.78 is 14.5. The maximum absolute atomic E-state index is 12.3. The van der Waals surface area contributed by atoms with Gasteiger partial charge in [-0.1, -0.05) is 0 Å². The van der Waals surface area contributed by atoms with Crippen LogP contribution in [-0.4, -0.2) is 36.2 Å². The van der Waals surface area contributed by atoms with Gasteiger partial charge in [0.2, 0.25) is 0 Å². The molecule has 0 unspecified atom stereocenters. The summed E-state index contributed by atoms with van der Waals surface area (Å²) in [4.78, 5) is 39.2. The minimum absolute atomic E-state index is 0.206. The zero-order valence-corrected chi connectivity index (χ0v) is 14.4. The van der Waals surface area contributed by atoms with Gasteiger partial charge in [0.1, 0.15) is 11.6 Å². The molecule has 136 valence electrons. The number of rotatable bonds is 6. The second kappa shape index (κ2) is 9.16. The predicted molar refractivity (Wildman–Crippen MR) is 92.2 cm³/mol. The van der Waals surface area contributed by atoms with E-state index in [9.17, 15) is 14.4 Å². The van der Waals surface area contributed by atoms with E-state index in [0.717, 1.165) is 0 Å². The number of aromatic nitrogens is 1. The van der Waals surface area contributed by atoms with Crippen molar-refractivity contribution in [1.82, 2.24) is 4.98 Å². The minimum atomic E-state index is -0.815. The summed E-state index contributed by atoms with van der Waals surface area (Å²) in [5.74, 6) is -0.457. The summed E-state index contributed by atoms with van der Waals surface area (Å²) in [7, 11) is 0. The maximum atomic E-state index is 12.3. The maximum Gasteiger partial charge on any atom is 0.513 e. The van der Waals surface area contributed by atoms with Gasteiger partial charge < -0.3 is 19.5 Å². The Morgan fingerprint density at radius 3 is 2.31 bits per heavy atom. The van der Waals surface area contributed by atoms with Crippen molar-refractivity contribution in [3.05, 3.63) is 53.7 Å². The second-order valence-corrected chi connectivity index (χ2v) is 4.91. The first-order chi connectivity index (χ1) is 12.5. The molecule has 1 N–H and O–H groups in total. The molecule has 0 spiro atoms. The number of nitrogens with one attached hydrogen (secondary N) is 1. The monoisotopic (exact) mass is 358 g/mol. The first kappa shape index (κ1) is 18.9. The largest absolute Gasteiger partial charge is 0.513 e. The van der Waals surface area contributed by atoms with Gasteiger partial charge in [-0.05, 0) is 50.2 Å². The van der Waals surface area contributed by atoms with Crippen LogP contribution in [0.4, 0.5) is 10.6 Å². The van der Waals surface area contributed by atoms with Crippen LogP contribution < -0.4 is 10.1 Å². The standard InChI is InChI=1S/C18H18N2O6/c1-3-24-17(22)13-9-10-19-15(11-13)20-16(21)12-5-7-14(8-6-12)26-18(23)25-4-2/h5-11H,3-4H2,1-2H3,(H,19,20,21). The number of ether oxygens (including phenoxy) is 3. The molecule has 2 rings (SSSR count). The normalized spacial score (nSPS) is 9.92. The predicted octanol–water partition coefficient (Wildman–Crippen LogP) is 3.05. The number of nitrogens with zero attached hydrogens (tertiary/aromatic N) is 1. The quantitative estimate of drug-likeness (QED) is 0.625. The van der Waals surface area contributed by atoms with Gasteiger partial charge in [-0.25, -0.2) is 14.6 Å². The Morgan fingerprint density at radius 1 is 0.962 bits per heavy atom. The van der Waals surface area contributed by atoms with E-state index >= 15 is 0 Å². The molecule has 0 saturated carbocycles. The molecule has 8 nitrogen and oxygen atoms in total. The number of hydrogen-bond acceptors (Lipinski definition) is 7. The van der Waals surface area contributed by atoms with E-state index in [4.69, 9.17) is 9.47 Å². The average molecular weight is 358 g/mol. The van der Waals surface area contributed by atoms with Crippen LogP contribution in [0.15, 0.2) is 42.6 Å². The first-order valence-electron chi connectivity index (χ1n) is 7.92. The van der Waals surface area contributed by atoms with Gasteiger partial charge in [-0.3, -0.25) is 4.79 Å². The van der Waals surface area contributed by atoms with Crippen LogP contribution in [0.2, 0.25) is 0 Å². The molecule has 1 aromatic heterocycles. The highest BCUT2D eigenvalue weighted by Gasteiger charge is 2.12. The molecule has 8 heteroatoms. The number of anilines is 1. The van der Waals surface area contributed by atoms with Gasteiger partial charge >= 0.3 is 12.1 Å². The fourth-order valence-electron chi connectivity index (χ4n) is 1.95. The Morgan fingerprint density at radius 2 is 1.65 bits per heavy atom. The first-order valence-corrected chi connectivity index (χ1v) is 7.92. The van der Waals surface area contributed by atoms with Crippen molar-refractivity contribution in [3.63, 3.8) is 0 Å². The molecule has 26 heavy (non-hydrogen) atoms. The van der Waals surface area contributed by atoms with E-state index in [1.807, 2.05) is 0 Å². The van der Waals surface area contributed by atoms with Crippen LogP contribution in [0.5, 0.6) is 5.75 Å². The summed E-state index contributed by atoms with van der Waals surface area (Å²) in [6.07, 6.45) is 0.586. The summed E-state index contributed by atoms with van der Waals surface area (Å²) in [5.41, 5.74) is 0.611. The van der Waals surface area contributed by atoms with Crippen molar-refractivity contribution in [2.24, 2.45) is 0 Å². The molecule has 0 aliphatic heterocycles. The lowest BCUT2D eigenvalue weighted by molar-refractivity contribution is 0.0526. The molecule has 1 amide bonds. The van der Waals surface area contributed by atoms with Gasteiger partial charge in [0, 0.05) is 11.8 Å². The molecule has 1 aromatic carbocycles. The molecule has 0 aliphatic rings. The highest BCUT2D eigenvalue weighted by atomic mass is 16.7. The van der Waals surface area contributed by atoms with Crippen molar-refractivity contribution in [3.8, 4) is 5.75 Å². The molecule has 0 bridgehead atoms. The van der Waals surface area contributed by atoms with Crippen molar-refractivity contribution in [1.29, 1.82) is 0 Å². The van der Waals surface area contributed by atoms with E-state index in [0.29, 0.717) is 5.56 Å². The second-order valence-electron chi connectivity index (χ2n) is 4.91. The molecular weight excluding hydrogens is 340 g/mol. The fraction of sp³-hybridized carbons (Fsp3) is 0.222. The topological polar surface area (TPSA) is 104 Å². The van der Waals surface area contributed by atoms with Crippen LogP contribution in [0.1, 0.15) is 34.6 Å². The Hall–Kier alpha value is -3.42. The Balaban J connectivity index is 2.02. The van der Waals surface area contributed by atoms with Crippen molar-refractivity contribution in [2.75, 3.05) is 18.5 Å². The zero-order chi connectivity index (χ0) is 18.9. The lowest BCUT2D eigenvalue weighted by Crippen LogP contribution is -2.14. The summed E-state index contributed by atoms with van der Waals surface area (Å²) in [6.45, 7) is 3.83. The number of benzene rings is 1. The third-order valence-electron chi connectivity index (χ3n) is 3.09. The van der Waals surface area contributed by atoms with Crippen LogP contribution in [0.25, 0.3) is 0 Å². The summed E-state index contributed by atoms with van der Waals surface area (Å²) in [6, 6.07) is 8.82. The van der Waals surface area contributed by atoms with Crippen LogP contribution in [0.3, 0.4) is 0 Å². The van der Waals surface area contributed by atoms with Crippen molar-refractivity contribution in [2.45, 2.75) is 13.8 Å². The third kappa shape index (κ3) is 5.30. The van der Waals surface area contributed by atoms with E-state index in [1.54, 1.807) is 13.8 Å². The van der Waals surface area contributed by atoms with Gasteiger partial charge in [0.25, 0.3) is 5.91 Å². The van der Waals surface area contributed by atoms with Gasteiger partial charge in [-0.2, -0.15) is 0 Å². The number of esters is 1. The summed E-state index contributed by atoms with van der Waals surface area (Å²) >= 11 is 0. The zero-order valence-electron chi connectivity index (χ0n) is 14.4. The van der Waals surface area contributed by atoms with Crippen LogP contribution in [0, 0.1) is 0 Å². The number of carbonyl (C=O) groups excluding carboxylic acids is 3. The number of pyridine rings is 1. The average Bonchev–Trinajstić information content (AvgIpc) is 2.63. The molecule has 0 fully saturated rings. The van der Waals surface area contributed by atoms with Gasteiger partial charge in [-0.15, -0.1) is 0 Å². The highest BCUT2D eigenvalue weighted by Crippen LogP contribution is 2.15. The van der Waals surface area contributed by atoms with E-state index in [1.165, 1.54) is 42.6 Å². The van der Waals surface area contributed by atoms with Crippen molar-refractivity contribution >= 4 is 23.8 Å². The fourth-order valence-corrected chi connectivity index (χ4v) is 1.95. The number of amides is 1. The molecule has 0 atom stereocenters. The smallest absolute Gasteiger partial charge is 0.462 e. The SMILES string of the molecule is CCOC(=O)Oc1ccc(C(=O)Nc2cc(C(=O)OCC)ccn2)cc1. The highest BCUT2D eigenvalue weighted by molar-refractivity contribution is 6.04. The van der Waals surface area contributed by atoms with Crippen LogP contribution >= 0.6 is 0 Å². The lowest BCUT2D eigenvalue weighted by atomic mass is 10.2. The minimum Gasteiger partial charge on any atom is -0.462 e. The van der Waals surface area contributed by atoms with Crippen molar-refractivity contribution < 1.29 is 28.6 Å². The van der Waals surface area contributed by atoms with Gasteiger partial charge in [0.05, 0.1) is 18.8 Å². The molecule has 0 saturated heterocycles. The molecular formula is C18H18N2O6. The molecule has 1 heterocycles. The molecule has 2 aromatic rings. The third-order valence-corrected chi connectivity index (χ3v) is 3.09. The van der Waals surface area contributed by atoms with Gasteiger partial charge in [0.15, 0.2) is 0 Å².